The summed E-state index contributed by atoms with van der Waals surface area (Å²) in [7, 11) is -3.84. The summed E-state index contributed by atoms with van der Waals surface area (Å²) in [6, 6.07) is 15.5. The lowest BCUT2D eigenvalue weighted by Crippen LogP contribution is -2.22. The van der Waals surface area contributed by atoms with Gasteiger partial charge in [0.05, 0.1) is 10.1 Å². The molecule has 1 heterocycles. The maximum atomic E-state index is 12.4. The first-order chi connectivity index (χ1) is 13.8. The van der Waals surface area contributed by atoms with E-state index in [1.165, 1.54) is 30.0 Å². The third-order valence-corrected chi connectivity index (χ3v) is 5.67. The van der Waals surface area contributed by atoms with Gasteiger partial charge >= 0.3 is 0 Å². The first-order valence-electron chi connectivity index (χ1n) is 8.57. The van der Waals surface area contributed by atoms with Crippen LogP contribution in [0.2, 0.25) is 0 Å². The summed E-state index contributed by atoms with van der Waals surface area (Å²) in [6.45, 7) is 1.71. The number of nitrogens with two attached hydrogens (primary N) is 1. The Morgan fingerprint density at radius 1 is 1.17 bits per heavy atom. The van der Waals surface area contributed by atoms with Crippen molar-refractivity contribution in [2.75, 3.05) is 5.32 Å². The van der Waals surface area contributed by atoms with Crippen LogP contribution in [0.25, 0.3) is 12.2 Å². The van der Waals surface area contributed by atoms with Gasteiger partial charge in [0.2, 0.25) is 21.1 Å². The first kappa shape index (κ1) is 20.8. The quantitative estimate of drug-likeness (QED) is 0.495. The van der Waals surface area contributed by atoms with E-state index in [0.29, 0.717) is 16.7 Å². The lowest BCUT2D eigenvalue weighted by atomic mass is 10.2. The van der Waals surface area contributed by atoms with Gasteiger partial charge in [0, 0.05) is 5.69 Å². The summed E-state index contributed by atoms with van der Waals surface area (Å²) >= 11 is 1.18. The predicted molar refractivity (Wildman–Crippen MR) is 114 cm³/mol. The van der Waals surface area contributed by atoms with Crippen LogP contribution in [0.5, 0.6) is 0 Å². The molecule has 0 fully saturated rings. The molecule has 8 nitrogen and oxygen atoms in total. The number of nitrogens with zero attached hydrogens (tertiary/aromatic N) is 2. The molecule has 0 bridgehead atoms. The summed E-state index contributed by atoms with van der Waals surface area (Å²) in [5.41, 5.74) is 1.38. The molecule has 4 N–H and O–H groups in total. The van der Waals surface area contributed by atoms with Gasteiger partial charge < -0.3 is 5.32 Å². The number of hydrogen-bond acceptors (Lipinski definition) is 6. The molecule has 0 aliphatic heterocycles. The van der Waals surface area contributed by atoms with Crippen molar-refractivity contribution in [3.05, 3.63) is 66.0 Å². The lowest BCUT2D eigenvalue weighted by molar-refractivity contribution is -0.115. The number of hydrogen-bond donors (Lipinski definition) is 3. The number of thioether (sulfide) groups is 1. The van der Waals surface area contributed by atoms with Crippen LogP contribution in [0.4, 0.5) is 5.69 Å². The fraction of sp³-hybridized carbons (Fsp3) is 0.105. The largest absolute Gasteiger partial charge is 0.325 e. The minimum Gasteiger partial charge on any atom is -0.325 e. The van der Waals surface area contributed by atoms with Gasteiger partial charge in [0.25, 0.3) is 0 Å². The monoisotopic (exact) mass is 429 g/mol. The van der Waals surface area contributed by atoms with Crippen molar-refractivity contribution in [3.63, 3.8) is 0 Å². The Kier molecular flexibility index (Phi) is 6.47. The van der Waals surface area contributed by atoms with E-state index in [4.69, 9.17) is 5.14 Å². The van der Waals surface area contributed by atoms with E-state index in [9.17, 15) is 13.2 Å². The molecular formula is C19H19N5O3S2. The molecule has 3 aromatic rings. The molecule has 0 aliphatic rings. The number of amides is 1. The molecule has 0 aliphatic carbocycles. The van der Waals surface area contributed by atoms with Gasteiger partial charge in [-0.2, -0.15) is 0 Å². The summed E-state index contributed by atoms with van der Waals surface area (Å²) in [6.07, 6.45) is 3.71. The van der Waals surface area contributed by atoms with Gasteiger partial charge in [0.15, 0.2) is 0 Å². The minimum absolute atomic E-state index is 0.0700. The second kappa shape index (κ2) is 9.03. The maximum absolute atomic E-state index is 12.4. The normalized spacial score (nSPS) is 12.8. The van der Waals surface area contributed by atoms with Crippen molar-refractivity contribution < 1.29 is 13.2 Å². The second-order valence-corrected chi connectivity index (χ2v) is 8.94. The van der Waals surface area contributed by atoms with Crippen LogP contribution in [0, 0.1) is 0 Å². The molecule has 3 rings (SSSR count). The van der Waals surface area contributed by atoms with Crippen molar-refractivity contribution in [3.8, 4) is 0 Å². The maximum Gasteiger partial charge on any atom is 0.238 e. The molecule has 0 spiro atoms. The number of H-pyrrole nitrogens is 1. The van der Waals surface area contributed by atoms with Crippen LogP contribution in [0.3, 0.4) is 0 Å². The Morgan fingerprint density at radius 3 is 2.66 bits per heavy atom. The summed E-state index contributed by atoms with van der Waals surface area (Å²) < 4.78 is 22.9. The summed E-state index contributed by atoms with van der Waals surface area (Å²) in [5.74, 6) is 0.262. The highest BCUT2D eigenvalue weighted by atomic mass is 32.2. The molecule has 10 heteroatoms. The zero-order valence-electron chi connectivity index (χ0n) is 15.4. The van der Waals surface area contributed by atoms with Gasteiger partial charge in [-0.05, 0) is 36.8 Å². The number of aromatic nitrogens is 3. The van der Waals surface area contributed by atoms with Crippen molar-refractivity contribution >= 4 is 45.5 Å². The summed E-state index contributed by atoms with van der Waals surface area (Å²) in [5, 5.41) is 14.6. The fourth-order valence-corrected chi connectivity index (χ4v) is 3.62. The van der Waals surface area contributed by atoms with Crippen LogP contribution in [-0.4, -0.2) is 34.8 Å². The van der Waals surface area contributed by atoms with Crippen molar-refractivity contribution in [1.82, 2.24) is 15.2 Å². The molecule has 2 aromatic carbocycles. The predicted octanol–water partition coefficient (Wildman–Crippen LogP) is 2.74. The van der Waals surface area contributed by atoms with Crippen molar-refractivity contribution in [2.24, 2.45) is 5.14 Å². The number of aromatic amines is 1. The van der Waals surface area contributed by atoms with E-state index >= 15 is 0 Å². The molecule has 1 amide bonds. The van der Waals surface area contributed by atoms with Gasteiger partial charge in [-0.25, -0.2) is 18.5 Å². The molecule has 1 atom stereocenters. The van der Waals surface area contributed by atoms with Gasteiger partial charge in [0.1, 0.15) is 5.82 Å². The van der Waals surface area contributed by atoms with Crippen molar-refractivity contribution in [1.29, 1.82) is 0 Å². The average molecular weight is 430 g/mol. The van der Waals surface area contributed by atoms with Gasteiger partial charge in [-0.15, -0.1) is 5.10 Å². The van der Waals surface area contributed by atoms with Crippen LogP contribution in [0.15, 0.2) is 64.6 Å². The van der Waals surface area contributed by atoms with Crippen LogP contribution >= 0.6 is 11.8 Å². The van der Waals surface area contributed by atoms with E-state index in [1.54, 1.807) is 19.1 Å². The fourth-order valence-electron chi connectivity index (χ4n) is 2.33. The molecular weight excluding hydrogens is 410 g/mol. The number of carbonyl (C=O) groups excluding carboxylic acids is 1. The van der Waals surface area contributed by atoms with Crippen molar-refractivity contribution in [2.45, 2.75) is 22.2 Å². The van der Waals surface area contributed by atoms with Gasteiger partial charge in [-0.1, -0.05) is 54.2 Å². The SMILES string of the molecule is CC(Sc1n[nH]c(/C=C/c2ccccc2)n1)C(=O)Nc1cccc(S(N)(=O)=O)c1. The molecule has 0 saturated carbocycles. The Balaban J connectivity index is 1.60. The van der Waals surface area contributed by atoms with Crippen LogP contribution in [-0.2, 0) is 14.8 Å². The molecule has 29 heavy (non-hydrogen) atoms. The number of benzene rings is 2. The minimum atomic E-state index is -3.84. The van der Waals surface area contributed by atoms with E-state index < -0.39 is 15.3 Å². The highest BCUT2D eigenvalue weighted by molar-refractivity contribution is 8.00. The van der Waals surface area contributed by atoms with E-state index in [2.05, 4.69) is 20.5 Å². The van der Waals surface area contributed by atoms with Gasteiger partial charge in [-0.3, -0.25) is 9.89 Å². The average Bonchev–Trinajstić information content (AvgIpc) is 3.14. The summed E-state index contributed by atoms with van der Waals surface area (Å²) in [4.78, 5) is 16.7. The Hall–Kier alpha value is -2.95. The Morgan fingerprint density at radius 2 is 1.93 bits per heavy atom. The topological polar surface area (TPSA) is 131 Å². The second-order valence-electron chi connectivity index (χ2n) is 6.07. The standard InChI is InChI=1S/C19H19N5O3S2/c1-13(18(25)21-15-8-5-9-16(12-15)29(20,26)27)28-19-22-17(23-24-19)11-10-14-6-3-2-4-7-14/h2-13H,1H3,(H,21,25)(H2,20,26,27)(H,22,23,24)/b11-10+. The molecule has 0 saturated heterocycles. The first-order valence-corrected chi connectivity index (χ1v) is 11.0. The van der Waals surface area contributed by atoms with Crippen LogP contribution in [0.1, 0.15) is 18.3 Å². The van der Waals surface area contributed by atoms with E-state index in [0.717, 1.165) is 5.56 Å². The van der Waals surface area contributed by atoms with E-state index in [-0.39, 0.29) is 10.8 Å². The molecule has 150 valence electrons. The number of nitrogens with one attached hydrogen (secondary N) is 2. The number of anilines is 1. The smallest absolute Gasteiger partial charge is 0.238 e. The van der Waals surface area contributed by atoms with Crippen LogP contribution < -0.4 is 10.5 Å². The highest BCUT2D eigenvalue weighted by Crippen LogP contribution is 2.22. The molecule has 1 aromatic heterocycles. The number of rotatable bonds is 7. The molecule has 1 unspecified atom stereocenters. The van der Waals surface area contributed by atoms with E-state index in [1.807, 2.05) is 36.4 Å². The number of primary sulfonamides is 1. The lowest BCUT2D eigenvalue weighted by Gasteiger charge is -2.10. The highest BCUT2D eigenvalue weighted by Gasteiger charge is 2.18. The Bertz CT molecular complexity index is 1130. The zero-order valence-corrected chi connectivity index (χ0v) is 17.1. The molecule has 0 radical (unpaired) electrons. The number of sulfonamides is 1. The third-order valence-electron chi connectivity index (χ3n) is 3.80. The Labute approximate surface area is 172 Å². The number of carbonyl (C=O) groups is 1. The third kappa shape index (κ3) is 6.01. The zero-order chi connectivity index (χ0) is 20.9.